The highest BCUT2D eigenvalue weighted by Gasteiger charge is 2.25. The van der Waals surface area contributed by atoms with Crippen LogP contribution >= 0.6 is 11.8 Å². The highest BCUT2D eigenvalue weighted by molar-refractivity contribution is 7.99. The molecule has 1 N–H and O–H groups in total. The number of nitrogens with zero attached hydrogens (tertiary/aromatic N) is 1. The van der Waals surface area contributed by atoms with Gasteiger partial charge in [-0.1, -0.05) is 12.1 Å². The van der Waals surface area contributed by atoms with Gasteiger partial charge in [0.25, 0.3) is 5.69 Å². The summed E-state index contributed by atoms with van der Waals surface area (Å²) in [5.41, 5.74) is 1.26. The molecule has 5 heteroatoms. The third-order valence-corrected chi connectivity index (χ3v) is 4.90. The summed E-state index contributed by atoms with van der Waals surface area (Å²) in [6.07, 6.45) is 5.90. The summed E-state index contributed by atoms with van der Waals surface area (Å²) < 4.78 is 0. The fourth-order valence-electron chi connectivity index (χ4n) is 2.64. The number of thioether (sulfide) groups is 1. The number of nitrogens with one attached hydrogen (secondary N) is 1. The van der Waals surface area contributed by atoms with Crippen LogP contribution in [0.3, 0.4) is 0 Å². The molecular weight excluding hydrogens is 260 g/mol. The van der Waals surface area contributed by atoms with Crippen molar-refractivity contribution in [2.24, 2.45) is 0 Å². The maximum absolute atomic E-state index is 10.6. The Balaban J connectivity index is 1.92. The maximum atomic E-state index is 10.6. The molecule has 1 aromatic carbocycles. The van der Waals surface area contributed by atoms with Crippen molar-refractivity contribution in [1.82, 2.24) is 5.32 Å². The summed E-state index contributed by atoms with van der Waals surface area (Å²) in [7, 11) is 0. The van der Waals surface area contributed by atoms with Crippen molar-refractivity contribution >= 4 is 17.4 Å². The first-order valence-corrected chi connectivity index (χ1v) is 7.92. The molecule has 1 aliphatic carbocycles. The van der Waals surface area contributed by atoms with Gasteiger partial charge in [-0.25, -0.2) is 0 Å². The van der Waals surface area contributed by atoms with Crippen molar-refractivity contribution in [3.63, 3.8) is 0 Å². The topological polar surface area (TPSA) is 55.2 Å². The lowest BCUT2D eigenvalue weighted by Gasteiger charge is -2.19. The average molecular weight is 280 g/mol. The molecule has 0 heterocycles. The minimum Gasteiger partial charge on any atom is -0.307 e. The highest BCUT2D eigenvalue weighted by Crippen LogP contribution is 2.29. The van der Waals surface area contributed by atoms with Gasteiger partial charge in [-0.05, 0) is 38.0 Å². The standard InChI is InChI=1S/C14H20N2O2S/c1-10(15-12-5-8-14(9-12)19-2)11-3-6-13(7-4-11)16(17)18/h3-4,6-7,10,12,14-15H,5,8-9H2,1-2H3. The Bertz CT molecular complexity index is 436. The molecule has 3 unspecified atom stereocenters. The van der Waals surface area contributed by atoms with Crippen LogP contribution in [0.1, 0.15) is 37.8 Å². The van der Waals surface area contributed by atoms with E-state index in [1.54, 1.807) is 12.1 Å². The van der Waals surface area contributed by atoms with Crippen LogP contribution in [0.15, 0.2) is 24.3 Å². The molecule has 0 aliphatic heterocycles. The van der Waals surface area contributed by atoms with Crippen molar-refractivity contribution in [1.29, 1.82) is 0 Å². The molecule has 1 saturated carbocycles. The molecular formula is C14H20N2O2S. The molecule has 3 atom stereocenters. The third kappa shape index (κ3) is 3.70. The Labute approximate surface area is 118 Å². The molecule has 1 fully saturated rings. The lowest BCUT2D eigenvalue weighted by atomic mass is 10.1. The Hall–Kier alpha value is -1.07. The van der Waals surface area contributed by atoms with Gasteiger partial charge >= 0.3 is 0 Å². The van der Waals surface area contributed by atoms with E-state index in [0.29, 0.717) is 6.04 Å². The average Bonchev–Trinajstić information content (AvgIpc) is 2.86. The molecule has 0 bridgehead atoms. The van der Waals surface area contributed by atoms with Crippen molar-refractivity contribution in [3.05, 3.63) is 39.9 Å². The normalized spacial score (nSPS) is 24.3. The van der Waals surface area contributed by atoms with Gasteiger partial charge in [-0.2, -0.15) is 11.8 Å². The second-order valence-electron chi connectivity index (χ2n) is 5.10. The van der Waals surface area contributed by atoms with Gasteiger partial charge in [0.2, 0.25) is 0 Å². The predicted molar refractivity (Wildman–Crippen MR) is 79.6 cm³/mol. The number of hydrogen-bond donors (Lipinski definition) is 1. The molecule has 4 nitrogen and oxygen atoms in total. The molecule has 2 rings (SSSR count). The molecule has 0 radical (unpaired) electrons. The van der Waals surface area contributed by atoms with Crippen LogP contribution in [0, 0.1) is 10.1 Å². The molecule has 1 aromatic rings. The molecule has 0 aromatic heterocycles. The monoisotopic (exact) mass is 280 g/mol. The summed E-state index contributed by atoms with van der Waals surface area (Å²) in [5, 5.41) is 15.0. The zero-order valence-electron chi connectivity index (χ0n) is 11.3. The minimum atomic E-state index is -0.359. The van der Waals surface area contributed by atoms with E-state index in [9.17, 15) is 10.1 Å². The van der Waals surface area contributed by atoms with Crippen LogP contribution < -0.4 is 5.32 Å². The zero-order chi connectivity index (χ0) is 13.8. The van der Waals surface area contributed by atoms with E-state index in [-0.39, 0.29) is 16.7 Å². The van der Waals surface area contributed by atoms with Crippen molar-refractivity contribution in [2.75, 3.05) is 6.26 Å². The second-order valence-corrected chi connectivity index (χ2v) is 6.24. The van der Waals surface area contributed by atoms with E-state index in [2.05, 4.69) is 18.5 Å². The Kier molecular flexibility index (Phi) is 4.82. The Morgan fingerprint density at radius 1 is 1.37 bits per heavy atom. The van der Waals surface area contributed by atoms with Gasteiger partial charge < -0.3 is 5.32 Å². The first-order chi connectivity index (χ1) is 9.10. The van der Waals surface area contributed by atoms with E-state index in [0.717, 1.165) is 10.8 Å². The number of nitro groups is 1. The molecule has 104 valence electrons. The predicted octanol–water partition coefficient (Wildman–Crippen LogP) is 3.53. The van der Waals surface area contributed by atoms with Crippen LogP contribution in [0.5, 0.6) is 0 Å². The summed E-state index contributed by atoms with van der Waals surface area (Å²) in [6, 6.07) is 7.65. The quantitative estimate of drug-likeness (QED) is 0.662. The van der Waals surface area contributed by atoms with E-state index < -0.39 is 0 Å². The lowest BCUT2D eigenvalue weighted by Crippen LogP contribution is -2.29. The smallest absolute Gasteiger partial charge is 0.269 e. The van der Waals surface area contributed by atoms with Gasteiger partial charge in [-0.3, -0.25) is 10.1 Å². The summed E-state index contributed by atoms with van der Waals surface area (Å²) >= 11 is 1.95. The highest BCUT2D eigenvalue weighted by atomic mass is 32.2. The number of rotatable bonds is 5. The Morgan fingerprint density at radius 3 is 2.58 bits per heavy atom. The fraction of sp³-hybridized carbons (Fsp3) is 0.571. The summed E-state index contributed by atoms with van der Waals surface area (Å²) in [6.45, 7) is 2.12. The van der Waals surface area contributed by atoms with Gasteiger partial charge in [0.15, 0.2) is 0 Å². The second kappa shape index (κ2) is 6.39. The summed E-state index contributed by atoms with van der Waals surface area (Å²) in [5.74, 6) is 0. The number of benzene rings is 1. The van der Waals surface area contributed by atoms with Crippen molar-refractivity contribution < 1.29 is 4.92 Å². The molecule has 0 amide bonds. The van der Waals surface area contributed by atoms with Crippen molar-refractivity contribution in [3.8, 4) is 0 Å². The zero-order valence-corrected chi connectivity index (χ0v) is 12.2. The van der Waals surface area contributed by atoms with E-state index in [4.69, 9.17) is 0 Å². The first kappa shape index (κ1) is 14.3. The lowest BCUT2D eigenvalue weighted by molar-refractivity contribution is -0.384. The third-order valence-electron chi connectivity index (χ3n) is 3.81. The summed E-state index contributed by atoms with van der Waals surface area (Å²) in [4.78, 5) is 10.3. The van der Waals surface area contributed by atoms with Crippen molar-refractivity contribution in [2.45, 2.75) is 43.5 Å². The molecule has 0 saturated heterocycles. The maximum Gasteiger partial charge on any atom is 0.269 e. The van der Waals surface area contributed by atoms with Crippen LogP contribution in [0.25, 0.3) is 0 Å². The van der Waals surface area contributed by atoms with E-state index in [1.165, 1.54) is 19.3 Å². The van der Waals surface area contributed by atoms with Gasteiger partial charge in [-0.15, -0.1) is 0 Å². The minimum absolute atomic E-state index is 0.152. The van der Waals surface area contributed by atoms with Crippen LogP contribution in [-0.4, -0.2) is 22.5 Å². The number of nitro benzene ring substituents is 1. The number of hydrogen-bond acceptors (Lipinski definition) is 4. The number of non-ortho nitro benzene ring substituents is 1. The van der Waals surface area contributed by atoms with E-state index in [1.807, 2.05) is 23.9 Å². The Morgan fingerprint density at radius 2 is 2.05 bits per heavy atom. The largest absolute Gasteiger partial charge is 0.307 e. The van der Waals surface area contributed by atoms with Crippen LogP contribution in [-0.2, 0) is 0 Å². The SMILES string of the molecule is CSC1CCC(NC(C)c2ccc([N+](=O)[O-])cc2)C1. The van der Waals surface area contributed by atoms with E-state index >= 15 is 0 Å². The first-order valence-electron chi connectivity index (χ1n) is 6.63. The van der Waals surface area contributed by atoms with Gasteiger partial charge in [0, 0.05) is 29.5 Å². The fourth-order valence-corrected chi connectivity index (χ4v) is 3.44. The van der Waals surface area contributed by atoms with Crippen LogP contribution in [0.4, 0.5) is 5.69 Å². The van der Waals surface area contributed by atoms with Crippen LogP contribution in [0.2, 0.25) is 0 Å². The molecule has 19 heavy (non-hydrogen) atoms. The van der Waals surface area contributed by atoms with Gasteiger partial charge in [0.1, 0.15) is 0 Å². The van der Waals surface area contributed by atoms with Gasteiger partial charge in [0.05, 0.1) is 4.92 Å². The molecule has 0 spiro atoms. The molecule has 1 aliphatic rings.